The highest BCUT2D eigenvalue weighted by Crippen LogP contribution is 2.26. The molecule has 0 saturated heterocycles. The number of rotatable bonds is 6. The maximum atomic E-state index is 12.5. The van der Waals surface area contributed by atoms with Gasteiger partial charge in [0.05, 0.1) is 12.1 Å². The first kappa shape index (κ1) is 18.5. The fourth-order valence-corrected chi connectivity index (χ4v) is 4.01. The van der Waals surface area contributed by atoms with Gasteiger partial charge in [0.15, 0.2) is 6.10 Å². The lowest BCUT2D eigenvalue weighted by Crippen LogP contribution is -2.25. The second-order valence-electron chi connectivity index (χ2n) is 6.13. The summed E-state index contributed by atoms with van der Waals surface area (Å²) in [7, 11) is 0. The maximum Gasteiger partial charge on any atom is 0.312 e. The number of thiazole rings is 1. The van der Waals surface area contributed by atoms with Crippen molar-refractivity contribution in [1.82, 2.24) is 4.98 Å². The molecule has 0 unspecified atom stereocenters. The van der Waals surface area contributed by atoms with Gasteiger partial charge in [0, 0.05) is 21.9 Å². The van der Waals surface area contributed by atoms with Crippen molar-refractivity contribution in [2.45, 2.75) is 33.3 Å². The number of hydrogen-bond donors (Lipinski definition) is 0. The Morgan fingerprint density at radius 1 is 1.15 bits per heavy atom. The van der Waals surface area contributed by atoms with E-state index in [9.17, 15) is 9.59 Å². The normalized spacial score (nSPS) is 12.0. The highest BCUT2D eigenvalue weighted by molar-refractivity contribution is 7.14. The van der Waals surface area contributed by atoms with Crippen molar-refractivity contribution in [1.29, 1.82) is 0 Å². The third-order valence-electron chi connectivity index (χ3n) is 4.11. The van der Waals surface area contributed by atoms with Crippen LogP contribution in [0.1, 0.15) is 34.1 Å². The lowest BCUT2D eigenvalue weighted by molar-refractivity contribution is -0.145. The van der Waals surface area contributed by atoms with Crippen LogP contribution < -0.4 is 0 Å². The van der Waals surface area contributed by atoms with E-state index in [-0.39, 0.29) is 12.2 Å². The summed E-state index contributed by atoms with van der Waals surface area (Å²) in [5, 5.41) is 6.74. The molecule has 0 aliphatic heterocycles. The molecule has 3 aromatic rings. The monoisotopic (exact) mass is 385 g/mol. The first-order valence-corrected chi connectivity index (χ1v) is 10.0. The van der Waals surface area contributed by atoms with E-state index >= 15 is 0 Å². The van der Waals surface area contributed by atoms with E-state index in [1.54, 1.807) is 24.3 Å². The van der Waals surface area contributed by atoms with Crippen LogP contribution in [-0.2, 0) is 16.0 Å². The quantitative estimate of drug-likeness (QED) is 0.450. The molecule has 6 heteroatoms. The molecule has 134 valence electrons. The van der Waals surface area contributed by atoms with Crippen LogP contribution in [0.3, 0.4) is 0 Å². The van der Waals surface area contributed by atoms with E-state index in [1.807, 2.05) is 48.2 Å². The fraction of sp³-hybridized carbons (Fsp3) is 0.250. The minimum atomic E-state index is -0.820. The second-order valence-corrected chi connectivity index (χ2v) is 7.77. The molecule has 0 saturated carbocycles. The molecular formula is C20H19NO3S2. The van der Waals surface area contributed by atoms with E-state index in [1.165, 1.54) is 11.3 Å². The SMILES string of the molecule is Cc1ccc(C(=O)[C@@H](C)OC(=O)Cc2csc(-c3ccsc3)n2)cc1C. The van der Waals surface area contributed by atoms with E-state index in [0.717, 1.165) is 21.7 Å². The Morgan fingerprint density at radius 3 is 2.65 bits per heavy atom. The third kappa shape index (κ3) is 4.26. The number of nitrogens with zero attached hydrogens (tertiary/aromatic N) is 1. The molecule has 4 nitrogen and oxygen atoms in total. The molecule has 2 heterocycles. The maximum absolute atomic E-state index is 12.5. The van der Waals surface area contributed by atoms with Crippen LogP contribution in [0, 0.1) is 13.8 Å². The van der Waals surface area contributed by atoms with Crippen LogP contribution in [0.2, 0.25) is 0 Å². The molecule has 26 heavy (non-hydrogen) atoms. The van der Waals surface area contributed by atoms with Crippen LogP contribution >= 0.6 is 22.7 Å². The van der Waals surface area contributed by atoms with Gasteiger partial charge in [0.1, 0.15) is 5.01 Å². The first-order chi connectivity index (χ1) is 12.4. The Hall–Kier alpha value is -2.31. The molecule has 1 aromatic carbocycles. The molecule has 0 amide bonds. The minimum Gasteiger partial charge on any atom is -0.454 e. The highest BCUT2D eigenvalue weighted by atomic mass is 32.1. The summed E-state index contributed by atoms with van der Waals surface area (Å²) >= 11 is 3.10. The van der Waals surface area contributed by atoms with Gasteiger partial charge in [-0.25, -0.2) is 4.98 Å². The van der Waals surface area contributed by atoms with Gasteiger partial charge in [0.25, 0.3) is 0 Å². The molecule has 1 atom stereocenters. The minimum absolute atomic E-state index is 0.0607. The summed E-state index contributed by atoms with van der Waals surface area (Å²) in [6, 6.07) is 7.49. The number of aromatic nitrogens is 1. The first-order valence-electron chi connectivity index (χ1n) is 8.22. The summed E-state index contributed by atoms with van der Waals surface area (Å²) in [4.78, 5) is 29.1. The zero-order valence-corrected chi connectivity index (χ0v) is 16.4. The number of benzene rings is 1. The zero-order valence-electron chi connectivity index (χ0n) is 14.8. The number of carbonyl (C=O) groups excluding carboxylic acids is 2. The van der Waals surface area contributed by atoms with Crippen molar-refractivity contribution in [3.05, 3.63) is 62.8 Å². The zero-order chi connectivity index (χ0) is 18.7. The average Bonchev–Trinajstić information content (AvgIpc) is 3.27. The van der Waals surface area contributed by atoms with Gasteiger partial charge in [-0.2, -0.15) is 11.3 Å². The topological polar surface area (TPSA) is 56.3 Å². The van der Waals surface area contributed by atoms with Gasteiger partial charge < -0.3 is 4.74 Å². The van der Waals surface area contributed by atoms with Gasteiger partial charge >= 0.3 is 5.97 Å². The van der Waals surface area contributed by atoms with Gasteiger partial charge in [-0.15, -0.1) is 11.3 Å². The molecule has 0 aliphatic rings. The van der Waals surface area contributed by atoms with Crippen LogP contribution in [0.15, 0.2) is 40.4 Å². The molecule has 0 bridgehead atoms. The molecule has 0 spiro atoms. The molecule has 0 fully saturated rings. The number of ether oxygens (including phenoxy) is 1. The molecule has 0 aliphatic carbocycles. The number of Topliss-reactive ketones (excluding diaryl/α,β-unsaturated/α-hetero) is 1. The number of aryl methyl sites for hydroxylation is 2. The Bertz CT molecular complexity index is 928. The van der Waals surface area contributed by atoms with Gasteiger partial charge in [0.2, 0.25) is 5.78 Å². The van der Waals surface area contributed by atoms with Crippen molar-refractivity contribution in [2.75, 3.05) is 0 Å². The number of thiophene rings is 1. The van der Waals surface area contributed by atoms with Crippen LogP contribution in [-0.4, -0.2) is 22.8 Å². The predicted molar refractivity (Wildman–Crippen MR) is 105 cm³/mol. The Morgan fingerprint density at radius 2 is 1.96 bits per heavy atom. The summed E-state index contributed by atoms with van der Waals surface area (Å²) in [5.74, 6) is -0.643. The molecular weight excluding hydrogens is 366 g/mol. The number of ketones is 1. The van der Waals surface area contributed by atoms with Crippen molar-refractivity contribution in [2.24, 2.45) is 0 Å². The van der Waals surface area contributed by atoms with E-state index in [2.05, 4.69) is 4.98 Å². The lowest BCUT2D eigenvalue weighted by Gasteiger charge is -2.13. The molecule has 0 radical (unpaired) electrons. The van der Waals surface area contributed by atoms with Crippen LogP contribution in [0.25, 0.3) is 10.6 Å². The largest absolute Gasteiger partial charge is 0.454 e. The standard InChI is InChI=1S/C20H19NO3S2/c1-12-4-5-15(8-13(12)2)19(23)14(3)24-18(22)9-17-11-26-20(21-17)16-6-7-25-10-16/h4-8,10-11,14H,9H2,1-3H3/t14-/m1/s1. The smallest absolute Gasteiger partial charge is 0.312 e. The van der Waals surface area contributed by atoms with E-state index < -0.39 is 12.1 Å². The van der Waals surface area contributed by atoms with E-state index in [4.69, 9.17) is 4.74 Å². The summed E-state index contributed by atoms with van der Waals surface area (Å²) in [5.41, 5.74) is 4.43. The highest BCUT2D eigenvalue weighted by Gasteiger charge is 2.20. The summed E-state index contributed by atoms with van der Waals surface area (Å²) in [6.45, 7) is 5.55. The molecule has 0 N–H and O–H groups in total. The Balaban J connectivity index is 1.60. The molecule has 3 rings (SSSR count). The van der Waals surface area contributed by atoms with Gasteiger partial charge in [-0.05, 0) is 49.4 Å². The van der Waals surface area contributed by atoms with Gasteiger partial charge in [-0.1, -0.05) is 12.1 Å². The molecule has 2 aromatic heterocycles. The number of carbonyl (C=O) groups is 2. The Labute approximate surface area is 160 Å². The van der Waals surface area contributed by atoms with Crippen molar-refractivity contribution >= 4 is 34.4 Å². The van der Waals surface area contributed by atoms with E-state index in [0.29, 0.717) is 11.3 Å². The van der Waals surface area contributed by atoms with Crippen molar-refractivity contribution in [3.63, 3.8) is 0 Å². The second kappa shape index (κ2) is 7.93. The lowest BCUT2D eigenvalue weighted by atomic mass is 10.0. The average molecular weight is 386 g/mol. The van der Waals surface area contributed by atoms with Gasteiger partial charge in [-0.3, -0.25) is 9.59 Å². The third-order valence-corrected chi connectivity index (χ3v) is 5.74. The van der Waals surface area contributed by atoms with Crippen LogP contribution in [0.4, 0.5) is 0 Å². The summed E-state index contributed by atoms with van der Waals surface area (Å²) < 4.78 is 5.32. The van der Waals surface area contributed by atoms with Crippen LogP contribution in [0.5, 0.6) is 0 Å². The van der Waals surface area contributed by atoms with Crippen molar-refractivity contribution < 1.29 is 14.3 Å². The Kier molecular flexibility index (Phi) is 5.64. The number of esters is 1. The predicted octanol–water partition coefficient (Wildman–Crippen LogP) is 4.85. The summed E-state index contributed by atoms with van der Waals surface area (Å²) in [6.07, 6.45) is -0.759. The fourth-order valence-electron chi connectivity index (χ4n) is 2.48. The van der Waals surface area contributed by atoms with Crippen molar-refractivity contribution in [3.8, 4) is 10.6 Å². The number of hydrogen-bond acceptors (Lipinski definition) is 6.